The van der Waals surface area contributed by atoms with Crippen LogP contribution in [0.25, 0.3) is 0 Å². The molecule has 0 saturated carbocycles. The second-order valence-corrected chi connectivity index (χ2v) is 3.69. The third-order valence-electron chi connectivity index (χ3n) is 1.65. The van der Waals surface area contributed by atoms with Crippen LogP contribution < -0.4 is 5.32 Å². The summed E-state index contributed by atoms with van der Waals surface area (Å²) in [5.74, 6) is 0.824. The third-order valence-corrected chi connectivity index (χ3v) is 1.87. The predicted molar refractivity (Wildman–Crippen MR) is 55.1 cm³/mol. The lowest BCUT2D eigenvalue weighted by Gasteiger charge is -2.05. The Morgan fingerprint density at radius 2 is 2.38 bits per heavy atom. The molecular formula is C9H14ClN3. The first-order chi connectivity index (χ1) is 6.29. The van der Waals surface area contributed by atoms with Crippen LogP contribution in [0.3, 0.4) is 0 Å². The van der Waals surface area contributed by atoms with Gasteiger partial charge in [0.15, 0.2) is 0 Å². The molecule has 72 valence electrons. The van der Waals surface area contributed by atoms with E-state index >= 15 is 0 Å². The number of hydrogen-bond acceptors (Lipinski definition) is 3. The van der Waals surface area contributed by atoms with E-state index in [1.165, 1.54) is 0 Å². The van der Waals surface area contributed by atoms with Gasteiger partial charge in [-0.1, -0.05) is 0 Å². The van der Waals surface area contributed by atoms with Gasteiger partial charge in [-0.2, -0.15) is 0 Å². The van der Waals surface area contributed by atoms with Gasteiger partial charge in [-0.15, -0.1) is 11.6 Å². The second kappa shape index (κ2) is 5.75. The van der Waals surface area contributed by atoms with Gasteiger partial charge < -0.3 is 5.32 Å². The fourth-order valence-electron chi connectivity index (χ4n) is 0.990. The average molecular weight is 200 g/mol. The van der Waals surface area contributed by atoms with Crippen molar-refractivity contribution >= 4 is 17.4 Å². The Hall–Kier alpha value is -0.830. The summed E-state index contributed by atoms with van der Waals surface area (Å²) < 4.78 is 0. The van der Waals surface area contributed by atoms with Gasteiger partial charge in [0.2, 0.25) is 0 Å². The first-order valence-electron chi connectivity index (χ1n) is 4.43. The molecule has 0 bridgehead atoms. The third kappa shape index (κ3) is 4.68. The van der Waals surface area contributed by atoms with Gasteiger partial charge in [-0.25, -0.2) is 4.98 Å². The molecule has 0 aromatic carbocycles. The van der Waals surface area contributed by atoms with Crippen molar-refractivity contribution in [1.82, 2.24) is 9.97 Å². The maximum Gasteiger partial charge on any atom is 0.144 e. The zero-order chi connectivity index (χ0) is 9.52. The molecule has 1 aromatic rings. The number of nitrogens with one attached hydrogen (secondary N) is 1. The summed E-state index contributed by atoms with van der Waals surface area (Å²) in [6.07, 6.45) is 7.12. The molecule has 1 atom stereocenters. The van der Waals surface area contributed by atoms with Crippen LogP contribution >= 0.6 is 11.6 Å². The molecule has 13 heavy (non-hydrogen) atoms. The lowest BCUT2D eigenvalue weighted by molar-refractivity contribution is 0.749. The standard InChI is InChI=1S/C9H14ClN3/c1-8(10)3-2-4-12-9-7-11-5-6-13-9/h5-8H,2-4H2,1H3,(H,12,13). The van der Waals surface area contributed by atoms with E-state index < -0.39 is 0 Å². The van der Waals surface area contributed by atoms with Crippen LogP contribution in [-0.4, -0.2) is 21.9 Å². The van der Waals surface area contributed by atoms with Gasteiger partial charge in [0.25, 0.3) is 0 Å². The molecule has 0 aliphatic carbocycles. The van der Waals surface area contributed by atoms with Crippen LogP contribution in [-0.2, 0) is 0 Å². The van der Waals surface area contributed by atoms with Crippen molar-refractivity contribution in [2.75, 3.05) is 11.9 Å². The van der Waals surface area contributed by atoms with E-state index in [9.17, 15) is 0 Å². The first kappa shape index (κ1) is 10.3. The smallest absolute Gasteiger partial charge is 0.144 e. The van der Waals surface area contributed by atoms with E-state index in [-0.39, 0.29) is 5.38 Å². The van der Waals surface area contributed by atoms with E-state index in [1.807, 2.05) is 6.92 Å². The predicted octanol–water partition coefficient (Wildman–Crippen LogP) is 2.30. The van der Waals surface area contributed by atoms with Gasteiger partial charge in [-0.3, -0.25) is 4.98 Å². The molecule has 0 aliphatic heterocycles. The summed E-state index contributed by atoms with van der Waals surface area (Å²) in [6, 6.07) is 0. The molecule has 1 heterocycles. The van der Waals surface area contributed by atoms with Gasteiger partial charge in [0.1, 0.15) is 5.82 Å². The van der Waals surface area contributed by atoms with E-state index in [0.717, 1.165) is 25.2 Å². The normalized spacial score (nSPS) is 12.5. The maximum atomic E-state index is 5.80. The molecule has 0 fully saturated rings. The highest BCUT2D eigenvalue weighted by atomic mass is 35.5. The topological polar surface area (TPSA) is 37.8 Å². The van der Waals surface area contributed by atoms with E-state index in [2.05, 4.69) is 15.3 Å². The lowest BCUT2D eigenvalue weighted by Crippen LogP contribution is -2.05. The summed E-state index contributed by atoms with van der Waals surface area (Å²) in [6.45, 7) is 2.90. The quantitative estimate of drug-likeness (QED) is 0.584. The molecule has 1 aromatic heterocycles. The molecule has 3 nitrogen and oxygen atoms in total. The summed E-state index contributed by atoms with van der Waals surface area (Å²) in [7, 11) is 0. The van der Waals surface area contributed by atoms with Crippen molar-refractivity contribution in [2.45, 2.75) is 25.1 Å². The van der Waals surface area contributed by atoms with E-state index in [4.69, 9.17) is 11.6 Å². The first-order valence-corrected chi connectivity index (χ1v) is 4.86. The summed E-state index contributed by atoms with van der Waals surface area (Å²) >= 11 is 5.80. The monoisotopic (exact) mass is 199 g/mol. The number of hydrogen-bond donors (Lipinski definition) is 1. The Balaban J connectivity index is 2.13. The lowest BCUT2D eigenvalue weighted by atomic mass is 10.2. The number of anilines is 1. The van der Waals surface area contributed by atoms with Gasteiger partial charge in [0, 0.05) is 24.3 Å². The molecule has 1 N–H and O–H groups in total. The minimum atomic E-state index is 0.253. The SMILES string of the molecule is CC(Cl)CCCNc1cnccn1. The Morgan fingerprint density at radius 1 is 1.54 bits per heavy atom. The highest BCUT2D eigenvalue weighted by Crippen LogP contribution is 2.04. The molecule has 0 spiro atoms. The Morgan fingerprint density at radius 3 is 3.00 bits per heavy atom. The number of rotatable bonds is 5. The van der Waals surface area contributed by atoms with Gasteiger partial charge >= 0.3 is 0 Å². The Labute approximate surface area is 83.5 Å². The summed E-state index contributed by atoms with van der Waals surface area (Å²) in [5.41, 5.74) is 0. The van der Waals surface area contributed by atoms with E-state index in [1.54, 1.807) is 18.6 Å². The molecular weight excluding hydrogens is 186 g/mol. The molecule has 0 saturated heterocycles. The Bertz CT molecular complexity index is 226. The molecule has 1 unspecified atom stereocenters. The minimum absolute atomic E-state index is 0.253. The highest BCUT2D eigenvalue weighted by Gasteiger charge is 1.96. The number of aromatic nitrogens is 2. The Kier molecular flexibility index (Phi) is 4.54. The van der Waals surface area contributed by atoms with Crippen molar-refractivity contribution in [3.05, 3.63) is 18.6 Å². The summed E-state index contributed by atoms with van der Waals surface area (Å²) in [4.78, 5) is 8.04. The van der Waals surface area contributed by atoms with Crippen molar-refractivity contribution in [3.8, 4) is 0 Å². The largest absolute Gasteiger partial charge is 0.369 e. The van der Waals surface area contributed by atoms with Crippen LogP contribution in [0.15, 0.2) is 18.6 Å². The average Bonchev–Trinajstić information content (AvgIpc) is 2.14. The van der Waals surface area contributed by atoms with Crippen molar-refractivity contribution in [3.63, 3.8) is 0 Å². The van der Waals surface area contributed by atoms with Gasteiger partial charge in [-0.05, 0) is 19.8 Å². The van der Waals surface area contributed by atoms with E-state index in [0.29, 0.717) is 0 Å². The molecule has 0 radical (unpaired) electrons. The second-order valence-electron chi connectivity index (χ2n) is 2.94. The van der Waals surface area contributed by atoms with Gasteiger partial charge in [0.05, 0.1) is 6.20 Å². The van der Waals surface area contributed by atoms with Crippen molar-refractivity contribution < 1.29 is 0 Å². The van der Waals surface area contributed by atoms with Crippen LogP contribution in [0.2, 0.25) is 0 Å². The number of halogens is 1. The molecule has 1 rings (SSSR count). The minimum Gasteiger partial charge on any atom is -0.369 e. The fraction of sp³-hybridized carbons (Fsp3) is 0.556. The number of nitrogens with zero attached hydrogens (tertiary/aromatic N) is 2. The van der Waals surface area contributed by atoms with Crippen LogP contribution in [0.4, 0.5) is 5.82 Å². The highest BCUT2D eigenvalue weighted by molar-refractivity contribution is 6.20. The fourth-order valence-corrected chi connectivity index (χ4v) is 1.14. The maximum absolute atomic E-state index is 5.80. The van der Waals surface area contributed by atoms with Crippen LogP contribution in [0, 0.1) is 0 Å². The molecule has 4 heteroatoms. The van der Waals surface area contributed by atoms with Crippen LogP contribution in [0.5, 0.6) is 0 Å². The molecule has 0 aliphatic rings. The number of alkyl halides is 1. The van der Waals surface area contributed by atoms with Crippen molar-refractivity contribution in [1.29, 1.82) is 0 Å². The van der Waals surface area contributed by atoms with Crippen LogP contribution in [0.1, 0.15) is 19.8 Å². The molecule has 0 amide bonds. The summed E-state index contributed by atoms with van der Waals surface area (Å²) in [5, 5.41) is 3.42. The zero-order valence-electron chi connectivity index (χ0n) is 7.70. The zero-order valence-corrected chi connectivity index (χ0v) is 8.46. The van der Waals surface area contributed by atoms with Crippen molar-refractivity contribution in [2.24, 2.45) is 0 Å².